The highest BCUT2D eigenvalue weighted by atomic mass is 16.5. The summed E-state index contributed by atoms with van der Waals surface area (Å²) < 4.78 is 10.5. The Hall–Kier alpha value is -2.48. The van der Waals surface area contributed by atoms with Gasteiger partial charge in [0.2, 0.25) is 5.91 Å². The summed E-state index contributed by atoms with van der Waals surface area (Å²) in [6.07, 6.45) is 6.45. The molecule has 0 aromatic heterocycles. The average molecular weight is 302 g/mol. The van der Waals surface area contributed by atoms with Crippen LogP contribution in [0.4, 0.5) is 0 Å². The number of benzene rings is 1. The molecule has 0 bridgehead atoms. The molecule has 1 aromatic carbocycles. The standard InChI is InChI=1S/C17H22N2O3/c1-3-4-5-11-19-17(20)9-7-14-6-8-15(22-12-10-18)16(13-14)21-2/h6-9,13H,3-5,11-12H2,1-2H3,(H,19,20)/b9-7+. The molecule has 0 unspecified atom stereocenters. The van der Waals surface area contributed by atoms with Crippen molar-refractivity contribution >= 4 is 12.0 Å². The predicted molar refractivity (Wildman–Crippen MR) is 85.7 cm³/mol. The van der Waals surface area contributed by atoms with Crippen LogP contribution in [0.15, 0.2) is 24.3 Å². The molecule has 0 aliphatic rings. The third-order valence-electron chi connectivity index (χ3n) is 2.99. The molecule has 0 aliphatic carbocycles. The molecule has 5 heteroatoms. The number of amides is 1. The van der Waals surface area contributed by atoms with Gasteiger partial charge in [0, 0.05) is 12.6 Å². The second-order valence-electron chi connectivity index (χ2n) is 4.69. The Morgan fingerprint density at radius 1 is 1.36 bits per heavy atom. The summed E-state index contributed by atoms with van der Waals surface area (Å²) in [7, 11) is 1.53. The Morgan fingerprint density at radius 3 is 2.86 bits per heavy atom. The van der Waals surface area contributed by atoms with E-state index in [2.05, 4.69) is 12.2 Å². The lowest BCUT2D eigenvalue weighted by Gasteiger charge is -2.08. The van der Waals surface area contributed by atoms with E-state index in [1.807, 2.05) is 6.07 Å². The van der Waals surface area contributed by atoms with Gasteiger partial charge in [-0.15, -0.1) is 0 Å². The van der Waals surface area contributed by atoms with Gasteiger partial charge in [0.05, 0.1) is 7.11 Å². The number of hydrogen-bond donors (Lipinski definition) is 1. The SMILES string of the molecule is CCCCCNC(=O)/C=C/c1ccc(OCC#N)c(OC)c1. The Morgan fingerprint density at radius 2 is 2.18 bits per heavy atom. The molecule has 0 fully saturated rings. The molecule has 1 aromatic rings. The summed E-state index contributed by atoms with van der Waals surface area (Å²) in [5.74, 6) is 0.922. The number of rotatable bonds is 9. The van der Waals surface area contributed by atoms with Crippen LogP contribution in [-0.4, -0.2) is 26.2 Å². The van der Waals surface area contributed by atoms with E-state index in [1.165, 1.54) is 13.2 Å². The zero-order valence-corrected chi connectivity index (χ0v) is 13.1. The maximum absolute atomic E-state index is 11.7. The molecule has 0 atom stereocenters. The molecule has 22 heavy (non-hydrogen) atoms. The van der Waals surface area contributed by atoms with E-state index in [1.54, 1.807) is 24.3 Å². The van der Waals surface area contributed by atoms with E-state index >= 15 is 0 Å². The molecule has 0 saturated carbocycles. The molecule has 5 nitrogen and oxygen atoms in total. The topological polar surface area (TPSA) is 71.3 Å². The van der Waals surface area contributed by atoms with E-state index in [0.717, 1.165) is 24.8 Å². The number of methoxy groups -OCH3 is 1. The van der Waals surface area contributed by atoms with Crippen LogP contribution < -0.4 is 14.8 Å². The van der Waals surface area contributed by atoms with Crippen LogP contribution in [0.2, 0.25) is 0 Å². The molecule has 0 saturated heterocycles. The molecule has 118 valence electrons. The lowest BCUT2D eigenvalue weighted by atomic mass is 10.2. The summed E-state index contributed by atoms with van der Waals surface area (Å²) in [5.41, 5.74) is 0.824. The number of unbranched alkanes of at least 4 members (excludes halogenated alkanes) is 2. The number of ether oxygens (including phenoxy) is 2. The highest BCUT2D eigenvalue weighted by Gasteiger charge is 2.04. The average Bonchev–Trinajstić information content (AvgIpc) is 2.55. The smallest absolute Gasteiger partial charge is 0.243 e. The molecule has 1 amide bonds. The minimum atomic E-state index is -0.111. The quantitative estimate of drug-likeness (QED) is 0.562. The molecule has 0 aliphatic heterocycles. The highest BCUT2D eigenvalue weighted by Crippen LogP contribution is 2.28. The van der Waals surface area contributed by atoms with Crippen molar-refractivity contribution in [3.8, 4) is 17.6 Å². The Kier molecular flexibility index (Phi) is 8.21. The first-order chi connectivity index (χ1) is 10.7. The number of carbonyl (C=O) groups excluding carboxylic acids is 1. The Labute approximate surface area is 131 Å². The summed E-state index contributed by atoms with van der Waals surface area (Å²) in [5, 5.41) is 11.4. The molecule has 1 rings (SSSR count). The van der Waals surface area contributed by atoms with Crippen molar-refractivity contribution in [1.29, 1.82) is 5.26 Å². The van der Waals surface area contributed by atoms with Crippen LogP contribution in [0, 0.1) is 11.3 Å². The van der Waals surface area contributed by atoms with E-state index in [4.69, 9.17) is 14.7 Å². The number of hydrogen-bond acceptors (Lipinski definition) is 4. The lowest BCUT2D eigenvalue weighted by molar-refractivity contribution is -0.116. The van der Waals surface area contributed by atoms with Gasteiger partial charge in [0.25, 0.3) is 0 Å². The van der Waals surface area contributed by atoms with Crippen molar-refractivity contribution in [3.63, 3.8) is 0 Å². The Balaban J connectivity index is 2.59. The molecular formula is C17H22N2O3. The van der Waals surface area contributed by atoms with Crippen LogP contribution in [0.25, 0.3) is 6.08 Å². The van der Waals surface area contributed by atoms with Crippen molar-refractivity contribution in [2.24, 2.45) is 0 Å². The van der Waals surface area contributed by atoms with Crippen molar-refractivity contribution < 1.29 is 14.3 Å². The summed E-state index contributed by atoms with van der Waals surface area (Å²) >= 11 is 0. The van der Waals surface area contributed by atoms with Gasteiger partial charge < -0.3 is 14.8 Å². The lowest BCUT2D eigenvalue weighted by Crippen LogP contribution is -2.21. The van der Waals surface area contributed by atoms with Crippen molar-refractivity contribution in [1.82, 2.24) is 5.32 Å². The molecule has 1 N–H and O–H groups in total. The fraction of sp³-hybridized carbons (Fsp3) is 0.412. The van der Waals surface area contributed by atoms with Gasteiger partial charge in [0.1, 0.15) is 6.07 Å². The van der Waals surface area contributed by atoms with Gasteiger partial charge in [-0.25, -0.2) is 0 Å². The third-order valence-corrected chi connectivity index (χ3v) is 2.99. The highest BCUT2D eigenvalue weighted by molar-refractivity contribution is 5.91. The molecule has 0 heterocycles. The summed E-state index contributed by atoms with van der Waals surface area (Å²) in [6.45, 7) is 2.78. The minimum Gasteiger partial charge on any atom is -0.493 e. The first kappa shape index (κ1) is 17.6. The van der Waals surface area contributed by atoms with Crippen LogP contribution >= 0.6 is 0 Å². The van der Waals surface area contributed by atoms with E-state index in [0.29, 0.717) is 18.0 Å². The van der Waals surface area contributed by atoms with Gasteiger partial charge in [-0.2, -0.15) is 5.26 Å². The largest absolute Gasteiger partial charge is 0.493 e. The third kappa shape index (κ3) is 6.31. The van der Waals surface area contributed by atoms with E-state index < -0.39 is 0 Å². The van der Waals surface area contributed by atoms with Crippen LogP contribution in [-0.2, 0) is 4.79 Å². The minimum absolute atomic E-state index is 0.0360. The second kappa shape index (κ2) is 10.3. The van der Waals surface area contributed by atoms with Crippen molar-refractivity contribution in [2.45, 2.75) is 26.2 Å². The monoisotopic (exact) mass is 302 g/mol. The zero-order valence-electron chi connectivity index (χ0n) is 13.1. The maximum atomic E-state index is 11.7. The van der Waals surface area contributed by atoms with Crippen molar-refractivity contribution in [3.05, 3.63) is 29.8 Å². The number of nitrogens with zero attached hydrogens (tertiary/aromatic N) is 1. The molecule has 0 radical (unpaired) electrons. The fourth-order valence-corrected chi connectivity index (χ4v) is 1.83. The second-order valence-corrected chi connectivity index (χ2v) is 4.69. The summed E-state index contributed by atoms with van der Waals surface area (Å²) in [4.78, 5) is 11.7. The number of nitrogens with one attached hydrogen (secondary N) is 1. The van der Waals surface area contributed by atoms with Gasteiger partial charge in [-0.1, -0.05) is 25.8 Å². The van der Waals surface area contributed by atoms with Crippen LogP contribution in [0.1, 0.15) is 31.7 Å². The van der Waals surface area contributed by atoms with Gasteiger partial charge in [-0.05, 0) is 30.2 Å². The van der Waals surface area contributed by atoms with Gasteiger partial charge in [-0.3, -0.25) is 4.79 Å². The Bertz CT molecular complexity index is 547. The number of carbonyl (C=O) groups is 1. The maximum Gasteiger partial charge on any atom is 0.243 e. The number of nitriles is 1. The van der Waals surface area contributed by atoms with E-state index in [9.17, 15) is 4.79 Å². The normalized spacial score (nSPS) is 10.2. The first-order valence-electron chi connectivity index (χ1n) is 7.35. The predicted octanol–water partition coefficient (Wildman–Crippen LogP) is 2.92. The van der Waals surface area contributed by atoms with Gasteiger partial charge in [0.15, 0.2) is 18.1 Å². The molecule has 0 spiro atoms. The van der Waals surface area contributed by atoms with Crippen LogP contribution in [0.3, 0.4) is 0 Å². The van der Waals surface area contributed by atoms with Gasteiger partial charge >= 0.3 is 0 Å². The molecular weight excluding hydrogens is 280 g/mol. The fourth-order valence-electron chi connectivity index (χ4n) is 1.83. The zero-order chi connectivity index (χ0) is 16.2. The van der Waals surface area contributed by atoms with Crippen molar-refractivity contribution in [2.75, 3.05) is 20.3 Å². The first-order valence-corrected chi connectivity index (χ1v) is 7.35. The summed E-state index contributed by atoms with van der Waals surface area (Å²) in [6, 6.07) is 7.18. The van der Waals surface area contributed by atoms with E-state index in [-0.39, 0.29) is 12.5 Å². The van der Waals surface area contributed by atoms with Crippen LogP contribution in [0.5, 0.6) is 11.5 Å².